The second kappa shape index (κ2) is 14.1. The van der Waals surface area contributed by atoms with Gasteiger partial charge in [0.25, 0.3) is 0 Å². The van der Waals surface area contributed by atoms with Gasteiger partial charge in [-0.25, -0.2) is 18.9 Å². The number of aromatic nitrogens is 4. The summed E-state index contributed by atoms with van der Waals surface area (Å²) >= 11 is 0. The van der Waals surface area contributed by atoms with Gasteiger partial charge in [0.1, 0.15) is 30.3 Å². The minimum absolute atomic E-state index is 0.0565. The van der Waals surface area contributed by atoms with Crippen LogP contribution in [0.15, 0.2) is 61.2 Å². The number of phosphoric acid groups is 1. The van der Waals surface area contributed by atoms with E-state index in [1.54, 1.807) is 18.5 Å². The molecule has 15 heteroatoms. The number of rotatable bonds is 15. The molecule has 41 heavy (non-hydrogen) atoms. The third-order valence-electron chi connectivity index (χ3n) is 5.94. The fourth-order valence-corrected chi connectivity index (χ4v) is 4.32. The third-order valence-corrected chi connectivity index (χ3v) is 6.46. The summed E-state index contributed by atoms with van der Waals surface area (Å²) in [5.41, 5.74) is 1.65. The summed E-state index contributed by atoms with van der Waals surface area (Å²) in [6.07, 6.45) is 6.16. The number of hydrogen-bond donors (Lipinski definition) is 5. The van der Waals surface area contributed by atoms with E-state index in [1.807, 2.05) is 25.1 Å². The first-order valence-corrected chi connectivity index (χ1v) is 14.4. The molecular weight excluding hydrogens is 556 g/mol. The number of carbonyl (C=O) groups is 1. The second-order valence-electron chi connectivity index (χ2n) is 9.03. The van der Waals surface area contributed by atoms with Crippen LogP contribution >= 0.6 is 7.82 Å². The molecule has 2 heterocycles. The number of fused-ring (bicyclic) bond motifs is 1. The van der Waals surface area contributed by atoms with E-state index in [0.717, 1.165) is 11.8 Å². The Balaban J connectivity index is 1.29. The summed E-state index contributed by atoms with van der Waals surface area (Å²) in [6, 6.07) is 11.2. The predicted octanol–water partition coefficient (Wildman–Crippen LogP) is 3.59. The second-order valence-corrected chi connectivity index (χ2v) is 10.3. The molecule has 1 amide bonds. The molecule has 0 aliphatic heterocycles. The summed E-state index contributed by atoms with van der Waals surface area (Å²) < 4.78 is 35.9. The van der Waals surface area contributed by atoms with Crippen LogP contribution < -0.4 is 20.7 Å². The van der Waals surface area contributed by atoms with Gasteiger partial charge in [-0.05, 0) is 43.2 Å². The smallest absolute Gasteiger partial charge is 0.469 e. The molecule has 0 bridgehead atoms. The minimum Gasteiger partial charge on any atom is -0.493 e. The van der Waals surface area contributed by atoms with Crippen molar-refractivity contribution >= 4 is 41.8 Å². The van der Waals surface area contributed by atoms with E-state index in [-0.39, 0.29) is 25.1 Å². The molecule has 0 saturated heterocycles. The SMILES string of the molecule is CCC(CCOc1ccc2c(Nc3cnn(CC(=O)Nc4cccc(F)c4)c3)ncnc2c1)NCCOP(=O)(O)O. The van der Waals surface area contributed by atoms with Crippen molar-refractivity contribution in [3.05, 3.63) is 67.0 Å². The van der Waals surface area contributed by atoms with Crippen molar-refractivity contribution in [2.75, 3.05) is 30.4 Å². The van der Waals surface area contributed by atoms with Gasteiger partial charge in [-0.2, -0.15) is 5.10 Å². The highest BCUT2D eigenvalue weighted by Crippen LogP contribution is 2.35. The first kappa shape index (κ1) is 30.0. The third kappa shape index (κ3) is 9.59. The fourth-order valence-electron chi connectivity index (χ4n) is 3.99. The monoisotopic (exact) mass is 587 g/mol. The topological polar surface area (TPSA) is 173 Å². The number of carbonyl (C=O) groups excluding carboxylic acids is 1. The van der Waals surface area contributed by atoms with Gasteiger partial charge in [0.15, 0.2) is 0 Å². The Labute approximate surface area is 235 Å². The van der Waals surface area contributed by atoms with Crippen LogP contribution in [-0.2, 0) is 20.4 Å². The van der Waals surface area contributed by atoms with Crippen LogP contribution in [0.1, 0.15) is 19.8 Å². The Morgan fingerprint density at radius 2 is 2.00 bits per heavy atom. The molecule has 1 atom stereocenters. The van der Waals surface area contributed by atoms with Gasteiger partial charge in [0.2, 0.25) is 5.91 Å². The van der Waals surface area contributed by atoms with E-state index in [0.29, 0.717) is 48.0 Å². The van der Waals surface area contributed by atoms with Crippen molar-refractivity contribution in [1.29, 1.82) is 0 Å². The minimum atomic E-state index is -4.46. The van der Waals surface area contributed by atoms with Crippen molar-refractivity contribution < 1.29 is 32.8 Å². The van der Waals surface area contributed by atoms with E-state index >= 15 is 0 Å². The van der Waals surface area contributed by atoms with Crippen LogP contribution in [-0.4, -0.2) is 61.2 Å². The maximum atomic E-state index is 13.3. The van der Waals surface area contributed by atoms with Gasteiger partial charge in [-0.3, -0.25) is 14.0 Å². The molecule has 218 valence electrons. The van der Waals surface area contributed by atoms with Crippen molar-refractivity contribution in [1.82, 2.24) is 25.1 Å². The lowest BCUT2D eigenvalue weighted by Crippen LogP contribution is -2.32. The maximum absolute atomic E-state index is 13.3. The number of halogens is 1. The maximum Gasteiger partial charge on any atom is 0.469 e. The molecule has 13 nitrogen and oxygen atoms in total. The molecule has 0 aliphatic rings. The summed E-state index contributed by atoms with van der Waals surface area (Å²) in [7, 11) is -4.46. The lowest BCUT2D eigenvalue weighted by Gasteiger charge is -2.17. The Morgan fingerprint density at radius 3 is 2.78 bits per heavy atom. The predicted molar refractivity (Wildman–Crippen MR) is 150 cm³/mol. The molecule has 1 unspecified atom stereocenters. The quantitative estimate of drug-likeness (QED) is 0.102. The van der Waals surface area contributed by atoms with Crippen LogP contribution in [0.2, 0.25) is 0 Å². The Hall–Kier alpha value is -3.94. The summed E-state index contributed by atoms with van der Waals surface area (Å²) in [5, 5.41) is 14.0. The van der Waals surface area contributed by atoms with Crippen LogP contribution in [0.25, 0.3) is 10.9 Å². The number of benzene rings is 2. The molecule has 0 radical (unpaired) electrons. The summed E-state index contributed by atoms with van der Waals surface area (Å²) in [5.74, 6) is 0.408. The highest BCUT2D eigenvalue weighted by atomic mass is 31.2. The molecule has 0 fully saturated rings. The number of nitrogens with one attached hydrogen (secondary N) is 3. The zero-order valence-corrected chi connectivity index (χ0v) is 23.1. The van der Waals surface area contributed by atoms with Gasteiger partial charge < -0.3 is 30.5 Å². The standard InChI is InChI=1S/C26H31FN7O6P/c1-2-19(28-9-11-40-41(36,37)38)8-10-39-22-6-7-23-24(13-22)29-17-30-26(23)33-21-14-31-34(15-21)16-25(35)32-20-5-3-4-18(27)12-20/h3-7,12-15,17,19,28H,2,8-11,16H2,1H3,(H,32,35)(H,29,30,33)(H2,36,37,38). The van der Waals surface area contributed by atoms with Gasteiger partial charge in [0, 0.05) is 35.9 Å². The van der Waals surface area contributed by atoms with Crippen LogP contribution in [0.3, 0.4) is 0 Å². The number of nitrogens with zero attached hydrogens (tertiary/aromatic N) is 4. The molecule has 0 spiro atoms. The van der Waals surface area contributed by atoms with Gasteiger partial charge in [0.05, 0.1) is 30.6 Å². The first-order valence-electron chi connectivity index (χ1n) is 12.8. The average molecular weight is 588 g/mol. The molecule has 2 aromatic heterocycles. The molecule has 4 aromatic rings. The first-order chi connectivity index (χ1) is 19.7. The number of hydrogen-bond acceptors (Lipinski definition) is 9. The average Bonchev–Trinajstić information content (AvgIpc) is 3.35. The van der Waals surface area contributed by atoms with Crippen molar-refractivity contribution in [3.8, 4) is 5.75 Å². The van der Waals surface area contributed by atoms with E-state index in [4.69, 9.17) is 14.5 Å². The highest BCUT2D eigenvalue weighted by Gasteiger charge is 2.14. The van der Waals surface area contributed by atoms with Crippen molar-refractivity contribution in [3.63, 3.8) is 0 Å². The zero-order chi connectivity index (χ0) is 29.2. The lowest BCUT2D eigenvalue weighted by molar-refractivity contribution is -0.116. The zero-order valence-electron chi connectivity index (χ0n) is 22.2. The summed E-state index contributed by atoms with van der Waals surface area (Å²) in [6.45, 7) is 2.61. The normalized spacial score (nSPS) is 12.3. The Kier molecular flexibility index (Phi) is 10.3. The molecule has 5 N–H and O–H groups in total. The van der Waals surface area contributed by atoms with E-state index in [2.05, 4.69) is 35.5 Å². The number of anilines is 3. The Morgan fingerprint density at radius 1 is 1.15 bits per heavy atom. The summed E-state index contributed by atoms with van der Waals surface area (Å²) in [4.78, 5) is 38.5. The van der Waals surface area contributed by atoms with E-state index in [9.17, 15) is 13.8 Å². The fraction of sp³-hybridized carbons (Fsp3) is 0.308. The lowest BCUT2D eigenvalue weighted by atomic mass is 10.1. The van der Waals surface area contributed by atoms with Crippen LogP contribution in [0.4, 0.5) is 21.6 Å². The molecule has 2 aromatic carbocycles. The van der Waals surface area contributed by atoms with Crippen molar-refractivity contribution in [2.45, 2.75) is 32.4 Å². The molecule has 0 aliphatic carbocycles. The molecule has 0 saturated carbocycles. The largest absolute Gasteiger partial charge is 0.493 e. The number of ether oxygens (including phenoxy) is 1. The molecular formula is C26H31FN7O6P. The van der Waals surface area contributed by atoms with Gasteiger partial charge in [-0.1, -0.05) is 13.0 Å². The molecule has 4 rings (SSSR count). The van der Waals surface area contributed by atoms with E-state index < -0.39 is 13.6 Å². The van der Waals surface area contributed by atoms with Gasteiger partial charge >= 0.3 is 7.82 Å². The van der Waals surface area contributed by atoms with Crippen molar-refractivity contribution in [2.24, 2.45) is 0 Å². The van der Waals surface area contributed by atoms with E-state index in [1.165, 1.54) is 29.2 Å². The Bertz CT molecular complexity index is 1510. The van der Waals surface area contributed by atoms with Crippen LogP contribution in [0.5, 0.6) is 5.75 Å². The highest BCUT2D eigenvalue weighted by molar-refractivity contribution is 7.46. The van der Waals surface area contributed by atoms with Crippen LogP contribution in [0, 0.1) is 5.82 Å². The number of amides is 1. The van der Waals surface area contributed by atoms with Gasteiger partial charge in [-0.15, -0.1) is 0 Å². The number of phosphoric ester groups is 1.